The first kappa shape index (κ1) is 20.7. The SMILES string of the molecule is O=C(Oc1ccc(Cl)c(Cl)c1Cl)[C@@H]1CCC1c1ccccc1.c1ccccc1. The molecule has 0 amide bonds. The summed E-state index contributed by atoms with van der Waals surface area (Å²) in [6, 6.07) is 25.1. The average Bonchev–Trinajstić information content (AvgIpc) is 2.70. The summed E-state index contributed by atoms with van der Waals surface area (Å²) < 4.78 is 5.42. The van der Waals surface area contributed by atoms with Gasteiger partial charge in [0.25, 0.3) is 0 Å². The fourth-order valence-corrected chi connectivity index (χ4v) is 3.60. The molecule has 5 heteroatoms. The van der Waals surface area contributed by atoms with Crippen LogP contribution in [0.3, 0.4) is 0 Å². The molecule has 0 radical (unpaired) electrons. The van der Waals surface area contributed by atoms with Crippen LogP contribution >= 0.6 is 34.8 Å². The molecule has 1 saturated carbocycles. The second-order valence-electron chi connectivity index (χ2n) is 6.45. The summed E-state index contributed by atoms with van der Waals surface area (Å²) in [5.41, 5.74) is 1.16. The number of benzene rings is 3. The van der Waals surface area contributed by atoms with Crippen LogP contribution in [0.2, 0.25) is 15.1 Å². The molecule has 0 aromatic heterocycles. The summed E-state index contributed by atoms with van der Waals surface area (Å²) in [4.78, 5) is 12.4. The van der Waals surface area contributed by atoms with Crippen LogP contribution in [-0.2, 0) is 4.79 Å². The van der Waals surface area contributed by atoms with Crippen molar-refractivity contribution >= 4 is 40.8 Å². The predicted octanol–water partition coefficient (Wildman–Crippen LogP) is 7.43. The van der Waals surface area contributed by atoms with E-state index >= 15 is 0 Å². The monoisotopic (exact) mass is 432 g/mol. The summed E-state index contributed by atoms with van der Waals surface area (Å²) in [7, 11) is 0. The first-order valence-corrected chi connectivity index (χ1v) is 10.1. The Labute approximate surface area is 180 Å². The van der Waals surface area contributed by atoms with Crippen LogP contribution in [0.5, 0.6) is 5.75 Å². The maximum atomic E-state index is 12.4. The van der Waals surface area contributed by atoms with Gasteiger partial charge in [-0.15, -0.1) is 0 Å². The zero-order chi connectivity index (χ0) is 19.9. The largest absolute Gasteiger partial charge is 0.425 e. The van der Waals surface area contributed by atoms with Gasteiger partial charge in [-0.25, -0.2) is 0 Å². The minimum absolute atomic E-state index is 0.145. The number of ether oxygens (including phenoxy) is 1. The van der Waals surface area contributed by atoms with E-state index in [1.807, 2.05) is 66.7 Å². The minimum Gasteiger partial charge on any atom is -0.425 e. The molecule has 0 bridgehead atoms. The maximum absolute atomic E-state index is 12.4. The van der Waals surface area contributed by atoms with Crippen LogP contribution in [-0.4, -0.2) is 5.97 Å². The molecule has 0 spiro atoms. The van der Waals surface area contributed by atoms with E-state index in [4.69, 9.17) is 39.5 Å². The zero-order valence-electron chi connectivity index (χ0n) is 15.0. The highest BCUT2D eigenvalue weighted by Gasteiger charge is 2.39. The van der Waals surface area contributed by atoms with Gasteiger partial charge >= 0.3 is 5.97 Å². The Morgan fingerprint density at radius 1 is 0.750 bits per heavy atom. The van der Waals surface area contributed by atoms with Crippen LogP contribution in [0, 0.1) is 5.92 Å². The molecule has 1 unspecified atom stereocenters. The smallest absolute Gasteiger partial charge is 0.315 e. The molecule has 3 aromatic carbocycles. The van der Waals surface area contributed by atoms with Crippen molar-refractivity contribution in [2.45, 2.75) is 18.8 Å². The van der Waals surface area contributed by atoms with Crippen molar-refractivity contribution in [2.75, 3.05) is 0 Å². The Hall–Kier alpha value is -2.00. The third-order valence-electron chi connectivity index (χ3n) is 4.68. The Morgan fingerprint density at radius 2 is 1.32 bits per heavy atom. The number of halogens is 3. The predicted molar refractivity (Wildman–Crippen MR) is 115 cm³/mol. The third kappa shape index (κ3) is 5.08. The van der Waals surface area contributed by atoms with Gasteiger partial charge in [0, 0.05) is 0 Å². The van der Waals surface area contributed by atoms with Crippen molar-refractivity contribution in [3.05, 3.63) is 99.5 Å². The van der Waals surface area contributed by atoms with Crippen LogP contribution in [0.4, 0.5) is 0 Å². The van der Waals surface area contributed by atoms with Crippen molar-refractivity contribution in [1.82, 2.24) is 0 Å². The second-order valence-corrected chi connectivity index (χ2v) is 7.61. The van der Waals surface area contributed by atoms with E-state index in [2.05, 4.69) is 0 Å². The van der Waals surface area contributed by atoms with E-state index in [0.717, 1.165) is 18.4 Å². The number of carbonyl (C=O) groups excluding carboxylic acids is 1. The van der Waals surface area contributed by atoms with Gasteiger partial charge in [-0.05, 0) is 36.5 Å². The lowest BCUT2D eigenvalue weighted by atomic mass is 9.70. The number of hydrogen-bond acceptors (Lipinski definition) is 2. The van der Waals surface area contributed by atoms with Crippen molar-refractivity contribution < 1.29 is 9.53 Å². The van der Waals surface area contributed by atoms with Gasteiger partial charge < -0.3 is 4.74 Å². The molecule has 0 aliphatic heterocycles. The lowest BCUT2D eigenvalue weighted by Gasteiger charge is -2.35. The van der Waals surface area contributed by atoms with Crippen LogP contribution in [0.1, 0.15) is 24.3 Å². The lowest BCUT2D eigenvalue weighted by molar-refractivity contribution is -0.142. The first-order chi connectivity index (χ1) is 13.6. The second kappa shape index (κ2) is 9.97. The number of rotatable bonds is 3. The van der Waals surface area contributed by atoms with E-state index in [-0.39, 0.29) is 33.6 Å². The molecule has 28 heavy (non-hydrogen) atoms. The number of esters is 1. The van der Waals surface area contributed by atoms with Gasteiger partial charge in [-0.2, -0.15) is 0 Å². The summed E-state index contributed by atoms with van der Waals surface area (Å²) in [6.45, 7) is 0. The molecule has 2 nitrogen and oxygen atoms in total. The van der Waals surface area contributed by atoms with Gasteiger partial charge in [0.05, 0.1) is 16.0 Å². The fraction of sp³-hybridized carbons (Fsp3) is 0.174. The van der Waals surface area contributed by atoms with Gasteiger partial charge in [0.2, 0.25) is 0 Å². The van der Waals surface area contributed by atoms with Crippen molar-refractivity contribution in [1.29, 1.82) is 0 Å². The normalized spacial score (nSPS) is 17.7. The first-order valence-electron chi connectivity index (χ1n) is 8.98. The molecule has 4 rings (SSSR count). The summed E-state index contributed by atoms with van der Waals surface area (Å²) in [6.07, 6.45) is 1.80. The van der Waals surface area contributed by atoms with Gasteiger partial charge in [-0.3, -0.25) is 4.79 Å². The molecule has 0 saturated heterocycles. The molecule has 0 heterocycles. The zero-order valence-corrected chi connectivity index (χ0v) is 17.3. The highest BCUT2D eigenvalue weighted by molar-refractivity contribution is 6.48. The molecular weight excluding hydrogens is 415 g/mol. The van der Waals surface area contributed by atoms with E-state index in [9.17, 15) is 4.79 Å². The molecule has 0 N–H and O–H groups in total. The molecule has 1 fully saturated rings. The highest BCUT2D eigenvalue weighted by Crippen LogP contribution is 2.44. The minimum atomic E-state index is -0.277. The lowest BCUT2D eigenvalue weighted by Crippen LogP contribution is -2.34. The molecule has 1 aliphatic carbocycles. The highest BCUT2D eigenvalue weighted by atomic mass is 35.5. The number of hydrogen-bond donors (Lipinski definition) is 0. The molecule has 3 aromatic rings. The Balaban J connectivity index is 0.000000320. The van der Waals surface area contributed by atoms with Gasteiger partial charge in [0.15, 0.2) is 5.75 Å². The Bertz CT molecular complexity index is 887. The quantitative estimate of drug-likeness (QED) is 0.244. The van der Waals surface area contributed by atoms with Crippen molar-refractivity contribution in [3.63, 3.8) is 0 Å². The average molecular weight is 434 g/mol. The van der Waals surface area contributed by atoms with Crippen LogP contribution in [0.25, 0.3) is 0 Å². The van der Waals surface area contributed by atoms with Crippen molar-refractivity contribution in [2.24, 2.45) is 5.92 Å². The molecule has 144 valence electrons. The van der Waals surface area contributed by atoms with Gasteiger partial charge in [-0.1, -0.05) is 102 Å². The van der Waals surface area contributed by atoms with E-state index < -0.39 is 0 Å². The Kier molecular flexibility index (Phi) is 7.38. The Morgan fingerprint density at radius 3 is 1.86 bits per heavy atom. The van der Waals surface area contributed by atoms with E-state index in [1.54, 1.807) is 12.1 Å². The number of carbonyl (C=O) groups is 1. The van der Waals surface area contributed by atoms with E-state index in [1.165, 1.54) is 0 Å². The summed E-state index contributed by atoms with van der Waals surface area (Å²) in [5, 5.41) is 0.692. The topological polar surface area (TPSA) is 26.3 Å². The summed E-state index contributed by atoms with van der Waals surface area (Å²) in [5.74, 6) is 0.0309. The van der Waals surface area contributed by atoms with Crippen LogP contribution < -0.4 is 4.74 Å². The molecule has 1 aliphatic rings. The third-order valence-corrected chi connectivity index (χ3v) is 5.96. The summed E-state index contributed by atoms with van der Waals surface area (Å²) >= 11 is 17.9. The van der Waals surface area contributed by atoms with E-state index in [0.29, 0.717) is 5.02 Å². The van der Waals surface area contributed by atoms with Gasteiger partial charge in [0.1, 0.15) is 5.02 Å². The molecular formula is C23H19Cl3O2. The standard InChI is InChI=1S/C17H13Cl3O2.C6H6/c18-13-8-9-14(16(20)15(13)19)22-17(21)12-7-6-11(12)10-4-2-1-3-5-10;1-2-4-6-5-3-1/h1-5,8-9,11-12H,6-7H2;1-6H/t11?,12-;/m1./s1. The van der Waals surface area contributed by atoms with Crippen LogP contribution in [0.15, 0.2) is 78.9 Å². The van der Waals surface area contributed by atoms with Crippen molar-refractivity contribution in [3.8, 4) is 5.75 Å². The maximum Gasteiger partial charge on any atom is 0.315 e. The molecule has 2 atom stereocenters. The fourth-order valence-electron chi connectivity index (χ4n) is 3.04.